The highest BCUT2D eigenvalue weighted by molar-refractivity contribution is 5.36. The molecular formula is C26H38N2O2. The third-order valence-electron chi connectivity index (χ3n) is 9.55. The average molecular weight is 411 g/mol. The first-order valence-electron chi connectivity index (χ1n) is 11.6. The van der Waals surface area contributed by atoms with Crippen LogP contribution in [-0.2, 0) is 4.74 Å². The lowest BCUT2D eigenvalue weighted by Crippen LogP contribution is -2.54. The molecule has 4 aliphatic rings. The molecule has 6 atom stereocenters. The molecule has 164 valence electrons. The molecule has 30 heavy (non-hydrogen) atoms. The Morgan fingerprint density at radius 1 is 1.27 bits per heavy atom. The van der Waals surface area contributed by atoms with Gasteiger partial charge in [-0.05, 0) is 91.3 Å². The fourth-order valence-corrected chi connectivity index (χ4v) is 7.50. The van der Waals surface area contributed by atoms with Crippen molar-refractivity contribution < 1.29 is 9.84 Å². The Hall–Kier alpha value is -1.73. The number of nitriles is 1. The minimum atomic E-state index is -0.707. The van der Waals surface area contributed by atoms with E-state index in [2.05, 4.69) is 32.1 Å². The van der Waals surface area contributed by atoms with E-state index in [-0.39, 0.29) is 10.8 Å². The first kappa shape index (κ1) is 21.5. The molecule has 0 radical (unpaired) electrons. The van der Waals surface area contributed by atoms with Crippen molar-refractivity contribution in [1.29, 1.82) is 5.26 Å². The summed E-state index contributed by atoms with van der Waals surface area (Å²) in [5.41, 5.74) is 1.59. The molecule has 0 amide bonds. The van der Waals surface area contributed by atoms with Crippen molar-refractivity contribution in [2.75, 3.05) is 21.2 Å². The van der Waals surface area contributed by atoms with E-state index in [4.69, 9.17) is 4.74 Å². The number of hydrogen-bond acceptors (Lipinski definition) is 4. The normalized spacial score (nSPS) is 42.8. The second-order valence-corrected chi connectivity index (χ2v) is 10.8. The number of ether oxygens (including phenoxy) is 1. The van der Waals surface area contributed by atoms with Gasteiger partial charge >= 0.3 is 0 Å². The summed E-state index contributed by atoms with van der Waals surface area (Å²) < 4.78 is 5.56. The molecule has 0 heterocycles. The number of rotatable bonds is 4. The minimum absolute atomic E-state index is 0.0680. The van der Waals surface area contributed by atoms with E-state index in [1.807, 2.05) is 25.1 Å². The monoisotopic (exact) mass is 410 g/mol. The van der Waals surface area contributed by atoms with Crippen LogP contribution in [0.2, 0.25) is 0 Å². The smallest absolute Gasteiger partial charge is 0.117 e. The third-order valence-corrected chi connectivity index (χ3v) is 9.55. The molecule has 4 nitrogen and oxygen atoms in total. The second-order valence-electron chi connectivity index (χ2n) is 10.8. The van der Waals surface area contributed by atoms with Gasteiger partial charge in [0.05, 0.1) is 18.5 Å². The van der Waals surface area contributed by atoms with Crippen LogP contribution in [0.15, 0.2) is 35.3 Å². The van der Waals surface area contributed by atoms with Crippen LogP contribution in [0.25, 0.3) is 0 Å². The van der Waals surface area contributed by atoms with Gasteiger partial charge in [-0.15, -0.1) is 0 Å². The second kappa shape index (κ2) is 7.45. The third kappa shape index (κ3) is 3.04. The van der Waals surface area contributed by atoms with Crippen molar-refractivity contribution >= 4 is 0 Å². The van der Waals surface area contributed by atoms with Crippen molar-refractivity contribution in [3.05, 3.63) is 35.3 Å². The zero-order valence-electron chi connectivity index (χ0n) is 19.4. The SMILES string of the molecule is COC1=CC2=CC[C@@H]3[C@H](CC[C@@]4(C)[C@H]3CC[C@@]4(O)C/C=C(\C#N)N(C)C)[C@@]2(C)CC1. The molecule has 1 N–H and O–H groups in total. The highest BCUT2D eigenvalue weighted by atomic mass is 16.5. The van der Waals surface area contributed by atoms with Crippen LogP contribution in [0.3, 0.4) is 0 Å². The van der Waals surface area contributed by atoms with Crippen molar-refractivity contribution in [2.45, 2.75) is 70.8 Å². The Morgan fingerprint density at radius 3 is 2.67 bits per heavy atom. The number of nitrogens with zero attached hydrogens (tertiary/aromatic N) is 2. The van der Waals surface area contributed by atoms with E-state index in [0.29, 0.717) is 29.9 Å². The molecule has 0 aliphatic heterocycles. The van der Waals surface area contributed by atoms with E-state index in [1.165, 1.54) is 18.4 Å². The van der Waals surface area contributed by atoms with Gasteiger partial charge in [0.2, 0.25) is 0 Å². The Bertz CT molecular complexity index is 834. The summed E-state index contributed by atoms with van der Waals surface area (Å²) in [7, 11) is 5.57. The van der Waals surface area contributed by atoms with Gasteiger partial charge in [-0.25, -0.2) is 0 Å². The zero-order chi connectivity index (χ0) is 21.7. The predicted molar refractivity (Wildman–Crippen MR) is 119 cm³/mol. The molecule has 2 saturated carbocycles. The van der Waals surface area contributed by atoms with Gasteiger partial charge in [0.25, 0.3) is 0 Å². The zero-order valence-corrected chi connectivity index (χ0v) is 19.4. The average Bonchev–Trinajstić information content (AvgIpc) is 2.99. The van der Waals surface area contributed by atoms with Crippen LogP contribution in [0.1, 0.15) is 65.2 Å². The summed E-state index contributed by atoms with van der Waals surface area (Å²) in [5.74, 6) is 3.02. The van der Waals surface area contributed by atoms with Crippen LogP contribution in [-0.4, -0.2) is 36.8 Å². The molecule has 4 heteroatoms. The van der Waals surface area contributed by atoms with Gasteiger partial charge < -0.3 is 14.7 Å². The van der Waals surface area contributed by atoms with E-state index < -0.39 is 5.60 Å². The van der Waals surface area contributed by atoms with Gasteiger partial charge in [0.1, 0.15) is 11.8 Å². The van der Waals surface area contributed by atoms with Crippen LogP contribution in [0.4, 0.5) is 0 Å². The summed E-state index contributed by atoms with van der Waals surface area (Å²) in [4.78, 5) is 1.84. The standard InChI is InChI=1S/C26H38N2O2/c1-24-12-9-20(30-5)16-18(24)6-7-21-22(24)10-13-25(2)23(21)11-15-26(25,29)14-8-19(17-27)28(3)4/h6,8,16,21-23,29H,7,9-15H2,1-5H3/b19-8+/t21-,22+,23+,24+,25+,26+/m1/s1. The Morgan fingerprint density at radius 2 is 2.00 bits per heavy atom. The van der Waals surface area contributed by atoms with Gasteiger partial charge in [-0.1, -0.05) is 19.9 Å². The predicted octanol–water partition coefficient (Wildman–Crippen LogP) is 5.18. The fourth-order valence-electron chi connectivity index (χ4n) is 7.50. The van der Waals surface area contributed by atoms with Gasteiger partial charge in [0, 0.05) is 20.5 Å². The lowest BCUT2D eigenvalue weighted by atomic mass is 9.47. The first-order valence-corrected chi connectivity index (χ1v) is 11.6. The summed E-state index contributed by atoms with van der Waals surface area (Å²) in [5, 5.41) is 21.2. The van der Waals surface area contributed by atoms with Gasteiger partial charge in [-0.2, -0.15) is 5.26 Å². The molecule has 4 aliphatic carbocycles. The highest BCUT2D eigenvalue weighted by Gasteiger charge is 2.63. The van der Waals surface area contributed by atoms with Crippen LogP contribution in [0, 0.1) is 39.9 Å². The van der Waals surface area contributed by atoms with Crippen LogP contribution < -0.4 is 0 Å². The van der Waals surface area contributed by atoms with E-state index in [1.54, 1.807) is 7.11 Å². The van der Waals surface area contributed by atoms with Crippen LogP contribution >= 0.6 is 0 Å². The molecule has 0 spiro atoms. The Labute approximate surface area is 182 Å². The minimum Gasteiger partial charge on any atom is -0.501 e. The Balaban J connectivity index is 1.61. The van der Waals surface area contributed by atoms with Gasteiger partial charge in [-0.3, -0.25) is 0 Å². The summed E-state index contributed by atoms with van der Waals surface area (Å²) >= 11 is 0. The summed E-state index contributed by atoms with van der Waals surface area (Å²) in [6.45, 7) is 4.81. The molecule has 0 aromatic heterocycles. The topological polar surface area (TPSA) is 56.5 Å². The Kier molecular flexibility index (Phi) is 5.34. The van der Waals surface area contributed by atoms with E-state index >= 15 is 0 Å². The van der Waals surface area contributed by atoms with Gasteiger partial charge in [0.15, 0.2) is 0 Å². The quantitative estimate of drug-likeness (QED) is 0.649. The first-order chi connectivity index (χ1) is 14.2. The molecule has 0 aromatic carbocycles. The molecule has 0 bridgehead atoms. The van der Waals surface area contributed by atoms with Crippen molar-refractivity contribution in [1.82, 2.24) is 4.90 Å². The summed E-state index contributed by atoms with van der Waals surface area (Å²) in [6, 6.07) is 2.27. The molecule has 0 saturated heterocycles. The summed E-state index contributed by atoms with van der Waals surface area (Å²) in [6.07, 6.45) is 14.9. The van der Waals surface area contributed by atoms with E-state index in [0.717, 1.165) is 37.9 Å². The molecule has 4 rings (SSSR count). The lowest BCUT2D eigenvalue weighted by Gasteiger charge is -2.58. The number of allylic oxidation sites excluding steroid dienone is 5. The van der Waals surface area contributed by atoms with Crippen molar-refractivity contribution in [3.8, 4) is 6.07 Å². The number of hydrogen-bond donors (Lipinski definition) is 1. The highest BCUT2D eigenvalue weighted by Crippen LogP contribution is 2.67. The molecular weight excluding hydrogens is 372 g/mol. The maximum Gasteiger partial charge on any atom is 0.117 e. The largest absolute Gasteiger partial charge is 0.501 e. The number of methoxy groups -OCH3 is 1. The molecule has 0 aromatic rings. The van der Waals surface area contributed by atoms with Crippen molar-refractivity contribution in [2.24, 2.45) is 28.6 Å². The molecule has 2 fully saturated rings. The number of aliphatic hydroxyl groups is 1. The van der Waals surface area contributed by atoms with Crippen LogP contribution in [0.5, 0.6) is 0 Å². The maximum absolute atomic E-state index is 11.8. The van der Waals surface area contributed by atoms with Crippen molar-refractivity contribution in [3.63, 3.8) is 0 Å². The lowest BCUT2D eigenvalue weighted by molar-refractivity contribution is -0.120. The number of fused-ring (bicyclic) bond motifs is 5. The van der Waals surface area contributed by atoms with E-state index in [9.17, 15) is 10.4 Å². The fraction of sp³-hybridized carbons (Fsp3) is 0.731. The molecule has 0 unspecified atom stereocenters. The maximum atomic E-state index is 11.8.